The first-order valence-electron chi connectivity index (χ1n) is 7.80. The molecule has 0 aliphatic heterocycles. The zero-order chi connectivity index (χ0) is 15.5. The molecular formula is C16H27N3OS. The van der Waals surface area contributed by atoms with Gasteiger partial charge in [0.2, 0.25) is 0 Å². The second kappa shape index (κ2) is 6.90. The molecule has 0 radical (unpaired) electrons. The number of aliphatic hydroxyl groups is 1. The van der Waals surface area contributed by atoms with Crippen LogP contribution in [0.25, 0.3) is 4.96 Å². The highest BCUT2D eigenvalue weighted by Crippen LogP contribution is 2.29. The smallest absolute Gasteiger partial charge is 0.194 e. The van der Waals surface area contributed by atoms with Crippen LogP contribution in [0, 0.1) is 19.3 Å². The second-order valence-electron chi connectivity index (χ2n) is 5.92. The van der Waals surface area contributed by atoms with Crippen molar-refractivity contribution in [2.75, 3.05) is 13.2 Å². The van der Waals surface area contributed by atoms with Gasteiger partial charge in [0, 0.05) is 30.8 Å². The molecule has 2 heterocycles. The van der Waals surface area contributed by atoms with Crippen LogP contribution in [0.4, 0.5) is 0 Å². The average molecular weight is 309 g/mol. The molecule has 0 aromatic carbocycles. The number of thiazole rings is 1. The topological polar surface area (TPSA) is 49.6 Å². The molecule has 0 atom stereocenters. The van der Waals surface area contributed by atoms with E-state index in [9.17, 15) is 5.11 Å². The van der Waals surface area contributed by atoms with Crippen LogP contribution in [-0.4, -0.2) is 27.6 Å². The summed E-state index contributed by atoms with van der Waals surface area (Å²) in [5, 5.41) is 12.9. The normalized spacial score (nSPS) is 12.4. The third kappa shape index (κ3) is 3.47. The van der Waals surface area contributed by atoms with Crippen LogP contribution in [0.5, 0.6) is 0 Å². The summed E-state index contributed by atoms with van der Waals surface area (Å²) in [7, 11) is 0. The average Bonchev–Trinajstić information content (AvgIpc) is 2.94. The first-order valence-corrected chi connectivity index (χ1v) is 8.62. The predicted molar refractivity (Wildman–Crippen MR) is 89.0 cm³/mol. The number of hydrogen-bond donors (Lipinski definition) is 2. The molecule has 0 aliphatic rings. The monoisotopic (exact) mass is 309 g/mol. The Bertz CT molecular complexity index is 584. The van der Waals surface area contributed by atoms with E-state index in [2.05, 4.69) is 48.6 Å². The molecule has 2 aromatic rings. The number of aryl methyl sites for hydroxylation is 2. The van der Waals surface area contributed by atoms with Gasteiger partial charge in [-0.3, -0.25) is 4.40 Å². The maximum absolute atomic E-state index is 9.30. The van der Waals surface area contributed by atoms with E-state index in [1.807, 2.05) is 0 Å². The molecular weight excluding hydrogens is 282 g/mol. The van der Waals surface area contributed by atoms with Crippen molar-refractivity contribution < 1.29 is 5.11 Å². The van der Waals surface area contributed by atoms with E-state index >= 15 is 0 Å². The molecule has 0 aliphatic carbocycles. The first kappa shape index (κ1) is 16.5. The summed E-state index contributed by atoms with van der Waals surface area (Å²) in [6, 6.07) is 0. The molecule has 2 N–H and O–H groups in total. The minimum atomic E-state index is 0.205. The summed E-state index contributed by atoms with van der Waals surface area (Å²) in [5.41, 5.74) is 2.56. The van der Waals surface area contributed by atoms with Gasteiger partial charge in [0.15, 0.2) is 4.96 Å². The molecule has 2 aromatic heterocycles. The van der Waals surface area contributed by atoms with E-state index in [0.29, 0.717) is 0 Å². The fourth-order valence-corrected chi connectivity index (χ4v) is 3.84. The Kier molecular flexibility index (Phi) is 5.41. The van der Waals surface area contributed by atoms with Gasteiger partial charge in [-0.15, -0.1) is 11.3 Å². The Hall–Kier alpha value is -0.910. The quantitative estimate of drug-likeness (QED) is 0.786. The summed E-state index contributed by atoms with van der Waals surface area (Å²) < 4.78 is 2.20. The molecule has 0 saturated carbocycles. The molecule has 4 nitrogen and oxygen atoms in total. The third-order valence-electron chi connectivity index (χ3n) is 4.68. The Morgan fingerprint density at radius 3 is 2.67 bits per heavy atom. The first-order chi connectivity index (χ1) is 10.0. The Morgan fingerprint density at radius 1 is 1.33 bits per heavy atom. The van der Waals surface area contributed by atoms with Crippen molar-refractivity contribution in [3.05, 3.63) is 22.5 Å². The standard InChI is InChI=1S/C16H27N3OS/c1-5-16(6-2,7-8-20)11-17-9-14-13(4)18-15-19(14)10-12(3)21-15/h10,17,20H,5-9,11H2,1-4H3. The molecule has 5 heteroatoms. The van der Waals surface area contributed by atoms with Crippen molar-refractivity contribution in [3.8, 4) is 0 Å². The van der Waals surface area contributed by atoms with Crippen molar-refractivity contribution in [2.45, 2.75) is 53.5 Å². The highest BCUT2D eigenvalue weighted by molar-refractivity contribution is 7.17. The van der Waals surface area contributed by atoms with Crippen LogP contribution in [0.3, 0.4) is 0 Å². The molecule has 0 saturated heterocycles. The highest BCUT2D eigenvalue weighted by Gasteiger charge is 2.25. The van der Waals surface area contributed by atoms with Gasteiger partial charge < -0.3 is 10.4 Å². The van der Waals surface area contributed by atoms with E-state index in [1.54, 1.807) is 11.3 Å². The summed E-state index contributed by atoms with van der Waals surface area (Å²) in [6.45, 7) is 10.7. The van der Waals surface area contributed by atoms with Crippen LogP contribution in [0.1, 0.15) is 49.4 Å². The lowest BCUT2D eigenvalue weighted by Gasteiger charge is -2.31. The number of rotatable bonds is 8. The molecule has 0 amide bonds. The number of hydrogen-bond acceptors (Lipinski definition) is 4. The van der Waals surface area contributed by atoms with E-state index in [4.69, 9.17) is 0 Å². The van der Waals surface area contributed by atoms with Gasteiger partial charge in [0.05, 0.1) is 11.4 Å². The largest absolute Gasteiger partial charge is 0.396 e. The summed E-state index contributed by atoms with van der Waals surface area (Å²) in [4.78, 5) is 6.99. The van der Waals surface area contributed by atoms with Gasteiger partial charge >= 0.3 is 0 Å². The minimum Gasteiger partial charge on any atom is -0.396 e. The molecule has 2 rings (SSSR count). The van der Waals surface area contributed by atoms with Crippen molar-refractivity contribution in [1.82, 2.24) is 14.7 Å². The molecule has 118 valence electrons. The van der Waals surface area contributed by atoms with Gasteiger partial charge in [-0.05, 0) is 38.5 Å². The number of aliphatic hydroxyl groups excluding tert-OH is 1. The Morgan fingerprint density at radius 2 is 2.05 bits per heavy atom. The minimum absolute atomic E-state index is 0.205. The van der Waals surface area contributed by atoms with Gasteiger partial charge in [-0.25, -0.2) is 4.98 Å². The fraction of sp³-hybridized carbons (Fsp3) is 0.688. The Balaban J connectivity index is 2.05. The van der Waals surface area contributed by atoms with Crippen molar-refractivity contribution in [3.63, 3.8) is 0 Å². The van der Waals surface area contributed by atoms with Gasteiger partial charge in [-0.1, -0.05) is 13.8 Å². The number of fused-ring (bicyclic) bond motifs is 1. The molecule has 0 spiro atoms. The summed E-state index contributed by atoms with van der Waals surface area (Å²) >= 11 is 1.73. The number of aromatic nitrogens is 2. The summed E-state index contributed by atoms with van der Waals surface area (Å²) in [6.07, 6.45) is 5.22. The highest BCUT2D eigenvalue weighted by atomic mass is 32.1. The van der Waals surface area contributed by atoms with E-state index in [0.717, 1.165) is 43.0 Å². The second-order valence-corrected chi connectivity index (χ2v) is 7.14. The van der Waals surface area contributed by atoms with Crippen molar-refractivity contribution >= 4 is 16.3 Å². The zero-order valence-electron chi connectivity index (χ0n) is 13.6. The predicted octanol–water partition coefficient (Wildman–Crippen LogP) is 3.29. The van der Waals surface area contributed by atoms with E-state index in [1.165, 1.54) is 10.6 Å². The summed E-state index contributed by atoms with van der Waals surface area (Å²) in [5.74, 6) is 0. The number of nitrogens with zero attached hydrogens (tertiary/aromatic N) is 2. The fourth-order valence-electron chi connectivity index (χ4n) is 2.95. The van der Waals surface area contributed by atoms with Gasteiger partial charge in [-0.2, -0.15) is 0 Å². The van der Waals surface area contributed by atoms with Crippen LogP contribution < -0.4 is 5.32 Å². The van der Waals surface area contributed by atoms with Crippen LogP contribution in [0.15, 0.2) is 6.20 Å². The number of nitrogens with one attached hydrogen (secondary N) is 1. The molecule has 0 fully saturated rings. The zero-order valence-corrected chi connectivity index (χ0v) is 14.4. The third-order valence-corrected chi connectivity index (χ3v) is 5.57. The van der Waals surface area contributed by atoms with E-state index in [-0.39, 0.29) is 12.0 Å². The lowest BCUT2D eigenvalue weighted by molar-refractivity contribution is 0.163. The van der Waals surface area contributed by atoms with Crippen LogP contribution in [-0.2, 0) is 6.54 Å². The molecule has 0 bridgehead atoms. The lowest BCUT2D eigenvalue weighted by Crippen LogP contribution is -2.34. The van der Waals surface area contributed by atoms with Crippen LogP contribution >= 0.6 is 11.3 Å². The lowest BCUT2D eigenvalue weighted by atomic mass is 9.79. The Labute approximate surface area is 131 Å². The van der Waals surface area contributed by atoms with E-state index < -0.39 is 0 Å². The SMILES string of the molecule is CCC(CC)(CCO)CNCc1c(C)nc2sc(C)cn12. The van der Waals surface area contributed by atoms with Crippen molar-refractivity contribution in [2.24, 2.45) is 5.41 Å². The maximum Gasteiger partial charge on any atom is 0.194 e. The van der Waals surface area contributed by atoms with Crippen LogP contribution in [0.2, 0.25) is 0 Å². The van der Waals surface area contributed by atoms with Gasteiger partial charge in [0.1, 0.15) is 0 Å². The van der Waals surface area contributed by atoms with Gasteiger partial charge in [0.25, 0.3) is 0 Å². The number of imidazole rings is 1. The van der Waals surface area contributed by atoms with Crippen molar-refractivity contribution in [1.29, 1.82) is 0 Å². The maximum atomic E-state index is 9.30. The molecule has 0 unspecified atom stereocenters. The molecule has 21 heavy (non-hydrogen) atoms.